The molecule has 2 N–H and O–H groups in total. The Morgan fingerprint density at radius 1 is 1.38 bits per heavy atom. The van der Waals surface area contributed by atoms with Crippen molar-refractivity contribution in [2.45, 2.75) is 44.2 Å². The summed E-state index contributed by atoms with van der Waals surface area (Å²) < 4.78 is 14.2. The summed E-state index contributed by atoms with van der Waals surface area (Å²) in [6, 6.07) is -0.175. The minimum absolute atomic E-state index is 0.0635. The van der Waals surface area contributed by atoms with Gasteiger partial charge in [-0.05, 0) is 55.6 Å². The molecule has 0 radical (unpaired) electrons. The first kappa shape index (κ1) is 17.2. The third-order valence-electron chi connectivity index (χ3n) is 5.78. The second-order valence-corrected chi connectivity index (χ2v) is 7.14. The zero-order valence-electron chi connectivity index (χ0n) is 13.9. The number of fused-ring (bicyclic) bond motifs is 3. The lowest BCUT2D eigenvalue weighted by atomic mass is 9.64. The maximum absolute atomic E-state index is 14.2. The van der Waals surface area contributed by atoms with Gasteiger partial charge in [-0.15, -0.1) is 6.58 Å². The number of hydrogen-bond donors (Lipinski definition) is 2. The van der Waals surface area contributed by atoms with Crippen molar-refractivity contribution in [3.8, 4) is 0 Å². The summed E-state index contributed by atoms with van der Waals surface area (Å²) in [7, 11) is 0. The highest BCUT2D eigenvalue weighted by atomic mass is 19.1. The van der Waals surface area contributed by atoms with Gasteiger partial charge in [-0.3, -0.25) is 4.79 Å². The number of halogens is 1. The molecular formula is C20H26FNO2. The Kier molecular flexibility index (Phi) is 5.34. The summed E-state index contributed by atoms with van der Waals surface area (Å²) in [5, 5.41) is 13.0. The van der Waals surface area contributed by atoms with E-state index in [1.807, 2.05) is 0 Å². The van der Waals surface area contributed by atoms with Gasteiger partial charge in [0.2, 0.25) is 0 Å². The van der Waals surface area contributed by atoms with Gasteiger partial charge in [-0.2, -0.15) is 0 Å². The van der Waals surface area contributed by atoms with Crippen LogP contribution in [0.4, 0.5) is 4.39 Å². The molecule has 4 heteroatoms. The van der Waals surface area contributed by atoms with Crippen molar-refractivity contribution >= 4 is 5.97 Å². The molecule has 24 heavy (non-hydrogen) atoms. The average molecular weight is 331 g/mol. The summed E-state index contributed by atoms with van der Waals surface area (Å²) in [5.41, 5.74) is 0. The van der Waals surface area contributed by atoms with Gasteiger partial charge in [0, 0.05) is 12.1 Å². The van der Waals surface area contributed by atoms with Crippen LogP contribution in [0, 0.1) is 23.7 Å². The van der Waals surface area contributed by atoms with Gasteiger partial charge in [0.15, 0.2) is 0 Å². The van der Waals surface area contributed by atoms with E-state index < -0.39 is 5.97 Å². The van der Waals surface area contributed by atoms with E-state index in [2.05, 4.69) is 24.0 Å². The van der Waals surface area contributed by atoms with Crippen LogP contribution >= 0.6 is 0 Å². The van der Waals surface area contributed by atoms with Gasteiger partial charge < -0.3 is 10.4 Å². The van der Waals surface area contributed by atoms with Crippen molar-refractivity contribution in [3.05, 3.63) is 48.9 Å². The molecule has 6 atom stereocenters. The lowest BCUT2D eigenvalue weighted by Crippen LogP contribution is -2.60. The molecule has 1 aliphatic heterocycles. The Hall–Kier alpha value is -1.68. The molecule has 1 heterocycles. The minimum atomic E-state index is -0.730. The van der Waals surface area contributed by atoms with Gasteiger partial charge in [0.05, 0.1) is 5.92 Å². The highest BCUT2D eigenvalue weighted by Crippen LogP contribution is 2.46. The van der Waals surface area contributed by atoms with E-state index in [0.717, 1.165) is 19.3 Å². The molecule has 0 spiro atoms. The normalized spacial score (nSPS) is 38.8. The van der Waals surface area contributed by atoms with Crippen LogP contribution in [0.3, 0.4) is 0 Å². The van der Waals surface area contributed by atoms with E-state index in [0.29, 0.717) is 30.6 Å². The average Bonchev–Trinajstić information content (AvgIpc) is 3.05. The fourth-order valence-corrected chi connectivity index (χ4v) is 4.74. The van der Waals surface area contributed by atoms with E-state index in [1.165, 1.54) is 6.08 Å². The first-order chi connectivity index (χ1) is 11.6. The minimum Gasteiger partial charge on any atom is -0.481 e. The number of carbonyl (C=O) groups is 1. The second-order valence-electron chi connectivity index (χ2n) is 7.14. The number of piperidine rings is 1. The van der Waals surface area contributed by atoms with Gasteiger partial charge in [0.1, 0.15) is 5.83 Å². The summed E-state index contributed by atoms with van der Waals surface area (Å²) in [6.45, 7) is 3.62. The summed E-state index contributed by atoms with van der Waals surface area (Å²) >= 11 is 0. The summed E-state index contributed by atoms with van der Waals surface area (Å²) in [6.07, 6.45) is 15.3. The fourth-order valence-electron chi connectivity index (χ4n) is 4.74. The summed E-state index contributed by atoms with van der Waals surface area (Å²) in [4.78, 5) is 11.6. The SMILES string of the molecule is C=CC/C=C\C(F)=C\C1NC2C(C(=O)O)CCCC2C2C=CCC12. The van der Waals surface area contributed by atoms with Crippen LogP contribution in [0.25, 0.3) is 0 Å². The van der Waals surface area contributed by atoms with Crippen molar-refractivity contribution < 1.29 is 14.3 Å². The maximum atomic E-state index is 14.2. The Labute approximate surface area is 143 Å². The molecule has 2 aliphatic carbocycles. The molecule has 3 aliphatic rings. The van der Waals surface area contributed by atoms with E-state index >= 15 is 0 Å². The van der Waals surface area contributed by atoms with E-state index in [-0.39, 0.29) is 23.8 Å². The first-order valence-corrected chi connectivity index (χ1v) is 8.92. The second kappa shape index (κ2) is 7.47. The van der Waals surface area contributed by atoms with Crippen LogP contribution in [0.5, 0.6) is 0 Å². The lowest BCUT2D eigenvalue weighted by Gasteiger charge is -2.49. The number of hydrogen-bond acceptors (Lipinski definition) is 2. The van der Waals surface area contributed by atoms with Crippen LogP contribution in [-0.4, -0.2) is 23.2 Å². The van der Waals surface area contributed by atoms with Gasteiger partial charge in [0.25, 0.3) is 0 Å². The predicted octanol–water partition coefficient (Wildman–Crippen LogP) is 4.01. The van der Waals surface area contributed by atoms with Crippen molar-refractivity contribution in [1.29, 1.82) is 0 Å². The quantitative estimate of drug-likeness (QED) is 0.591. The van der Waals surface area contributed by atoms with E-state index in [9.17, 15) is 14.3 Å². The topological polar surface area (TPSA) is 49.3 Å². The maximum Gasteiger partial charge on any atom is 0.308 e. The largest absolute Gasteiger partial charge is 0.481 e. The van der Waals surface area contributed by atoms with Crippen molar-refractivity contribution in [1.82, 2.24) is 5.32 Å². The Balaban J connectivity index is 1.81. The highest BCUT2D eigenvalue weighted by molar-refractivity contribution is 5.71. The smallest absolute Gasteiger partial charge is 0.308 e. The standard InChI is InChI=1S/C20H26FNO2/c1-2-3-4-7-13(21)12-18-15-9-5-8-14(15)16-10-6-11-17(20(23)24)19(16)22-18/h2,4-5,7-8,12,14-19,22H,1,3,6,9-11H2,(H,23,24)/b7-4-,13-12-. The number of aliphatic carboxylic acids is 1. The molecule has 3 rings (SSSR count). The zero-order valence-corrected chi connectivity index (χ0v) is 13.9. The molecule has 2 fully saturated rings. The highest BCUT2D eigenvalue weighted by Gasteiger charge is 2.49. The lowest BCUT2D eigenvalue weighted by molar-refractivity contribution is -0.146. The molecule has 1 saturated carbocycles. The monoisotopic (exact) mass is 331 g/mol. The molecule has 3 nitrogen and oxygen atoms in total. The molecule has 0 aromatic rings. The molecule has 1 saturated heterocycles. The van der Waals surface area contributed by atoms with E-state index in [1.54, 1.807) is 18.2 Å². The first-order valence-electron chi connectivity index (χ1n) is 8.92. The van der Waals surface area contributed by atoms with Crippen LogP contribution < -0.4 is 5.32 Å². The number of allylic oxidation sites excluding steroid dienone is 6. The molecule has 0 bridgehead atoms. The van der Waals surface area contributed by atoms with Crippen molar-refractivity contribution in [3.63, 3.8) is 0 Å². The Morgan fingerprint density at radius 3 is 2.96 bits per heavy atom. The Bertz CT molecular complexity index is 580. The van der Waals surface area contributed by atoms with Gasteiger partial charge in [-0.1, -0.05) is 30.7 Å². The third-order valence-corrected chi connectivity index (χ3v) is 5.78. The molecule has 0 aromatic carbocycles. The van der Waals surface area contributed by atoms with Gasteiger partial charge in [-0.25, -0.2) is 4.39 Å². The zero-order chi connectivity index (χ0) is 17.1. The Morgan fingerprint density at radius 2 is 2.21 bits per heavy atom. The van der Waals surface area contributed by atoms with Crippen molar-refractivity contribution in [2.75, 3.05) is 0 Å². The van der Waals surface area contributed by atoms with Crippen molar-refractivity contribution in [2.24, 2.45) is 23.7 Å². The van der Waals surface area contributed by atoms with Crippen LogP contribution in [0.15, 0.2) is 48.9 Å². The number of carboxylic acids is 1. The molecule has 0 amide bonds. The van der Waals surface area contributed by atoms with Crippen LogP contribution in [-0.2, 0) is 4.79 Å². The molecule has 0 aromatic heterocycles. The molecule has 6 unspecified atom stereocenters. The number of nitrogens with one attached hydrogen (secondary N) is 1. The summed E-state index contributed by atoms with van der Waals surface area (Å²) in [5.74, 6) is -0.309. The van der Waals surface area contributed by atoms with Crippen LogP contribution in [0.2, 0.25) is 0 Å². The van der Waals surface area contributed by atoms with Crippen LogP contribution in [0.1, 0.15) is 32.1 Å². The fraction of sp³-hybridized carbons (Fsp3) is 0.550. The molecule has 130 valence electrons. The third kappa shape index (κ3) is 3.39. The number of carboxylic acid groups (broad SMARTS) is 1. The van der Waals surface area contributed by atoms with E-state index in [4.69, 9.17) is 0 Å². The number of rotatable bonds is 5. The predicted molar refractivity (Wildman–Crippen MR) is 93.1 cm³/mol. The molecular weight excluding hydrogens is 305 g/mol. The van der Waals surface area contributed by atoms with Gasteiger partial charge >= 0.3 is 5.97 Å².